The molecule has 1 aromatic heterocycles. The Kier molecular flexibility index (Phi) is 4.52. The highest BCUT2D eigenvalue weighted by molar-refractivity contribution is 7.89. The van der Waals surface area contributed by atoms with Gasteiger partial charge in [-0.25, -0.2) is 18.1 Å². The average Bonchev–Trinajstić information content (AvgIpc) is 2.77. The molecule has 18 heavy (non-hydrogen) atoms. The lowest BCUT2D eigenvalue weighted by Gasteiger charge is -2.32. The number of nitrogens with two attached hydrogens (primary N) is 1. The number of hydrogen-bond acceptors (Lipinski definition) is 4. The number of aromatic nitrogens is 2. The summed E-state index contributed by atoms with van der Waals surface area (Å²) >= 11 is 0. The molecule has 1 heterocycles. The number of imidazole rings is 1. The van der Waals surface area contributed by atoms with E-state index >= 15 is 0 Å². The van der Waals surface area contributed by atoms with E-state index in [1.807, 2.05) is 20.8 Å². The maximum absolute atomic E-state index is 12.2. The molecule has 0 fully saturated rings. The zero-order chi connectivity index (χ0) is 14.0. The standard InChI is InChI=1S/C11H22N4O2S/c1-5-9-13-6-10(14-9)18(16,17)15-11(4,7-12)8(2)3/h6,8,15H,5,7,12H2,1-4H3,(H,13,14). The first-order valence-corrected chi connectivity index (χ1v) is 7.51. The number of H-pyrrole nitrogens is 1. The van der Waals surface area contributed by atoms with Crippen LogP contribution in [0.3, 0.4) is 0 Å². The van der Waals surface area contributed by atoms with Crippen molar-refractivity contribution >= 4 is 10.0 Å². The Morgan fingerprint density at radius 2 is 2.17 bits per heavy atom. The van der Waals surface area contributed by atoms with Gasteiger partial charge in [0.15, 0.2) is 5.03 Å². The first-order chi connectivity index (χ1) is 8.25. The van der Waals surface area contributed by atoms with Crippen LogP contribution in [0.25, 0.3) is 0 Å². The van der Waals surface area contributed by atoms with Gasteiger partial charge in [-0.15, -0.1) is 0 Å². The Bertz CT molecular complexity index is 495. The molecule has 0 aliphatic heterocycles. The third-order valence-electron chi connectivity index (χ3n) is 3.30. The summed E-state index contributed by atoms with van der Waals surface area (Å²) in [6.07, 6.45) is 1.99. The Hall–Kier alpha value is -0.920. The van der Waals surface area contributed by atoms with E-state index in [1.54, 1.807) is 6.92 Å². The van der Waals surface area contributed by atoms with Crippen LogP contribution in [-0.2, 0) is 16.4 Å². The smallest absolute Gasteiger partial charge is 0.258 e. The second-order valence-corrected chi connectivity index (χ2v) is 6.58. The monoisotopic (exact) mass is 274 g/mol. The van der Waals surface area contributed by atoms with Gasteiger partial charge in [0.05, 0.1) is 6.20 Å². The highest BCUT2D eigenvalue weighted by Crippen LogP contribution is 2.18. The lowest BCUT2D eigenvalue weighted by molar-refractivity contribution is 0.314. The van der Waals surface area contributed by atoms with Crippen LogP contribution in [-0.4, -0.2) is 30.5 Å². The number of nitrogens with one attached hydrogen (secondary N) is 2. The number of aromatic amines is 1. The average molecular weight is 274 g/mol. The Morgan fingerprint density at radius 3 is 2.56 bits per heavy atom. The molecule has 6 nitrogen and oxygen atoms in total. The van der Waals surface area contributed by atoms with Gasteiger partial charge in [-0.1, -0.05) is 20.8 Å². The second-order valence-electron chi connectivity index (χ2n) is 4.93. The molecule has 1 aromatic rings. The highest BCUT2D eigenvalue weighted by Gasteiger charge is 2.33. The molecule has 0 aromatic carbocycles. The normalized spacial score (nSPS) is 15.9. The third-order valence-corrected chi connectivity index (χ3v) is 4.82. The van der Waals surface area contributed by atoms with Gasteiger partial charge in [0, 0.05) is 18.5 Å². The van der Waals surface area contributed by atoms with Gasteiger partial charge in [0.2, 0.25) is 0 Å². The second kappa shape index (κ2) is 5.38. The fourth-order valence-electron chi connectivity index (χ4n) is 1.42. The van der Waals surface area contributed by atoms with Gasteiger partial charge < -0.3 is 10.7 Å². The number of nitrogens with zero attached hydrogens (tertiary/aromatic N) is 1. The minimum Gasteiger partial charge on any atom is -0.332 e. The number of rotatable bonds is 6. The van der Waals surface area contributed by atoms with Crippen molar-refractivity contribution in [2.24, 2.45) is 11.7 Å². The lowest BCUT2D eigenvalue weighted by Crippen LogP contribution is -2.54. The summed E-state index contributed by atoms with van der Waals surface area (Å²) < 4.78 is 27.1. The van der Waals surface area contributed by atoms with E-state index < -0.39 is 15.6 Å². The maximum atomic E-state index is 12.2. The molecule has 0 bridgehead atoms. The van der Waals surface area contributed by atoms with E-state index in [0.29, 0.717) is 12.2 Å². The SMILES string of the molecule is CCc1ncc(S(=O)(=O)NC(C)(CN)C(C)C)[nH]1. The summed E-state index contributed by atoms with van der Waals surface area (Å²) in [5.41, 5.74) is 5.00. The van der Waals surface area contributed by atoms with Crippen LogP contribution in [0, 0.1) is 5.92 Å². The van der Waals surface area contributed by atoms with Crippen LogP contribution in [0.2, 0.25) is 0 Å². The summed E-state index contributed by atoms with van der Waals surface area (Å²) in [6.45, 7) is 7.80. The van der Waals surface area contributed by atoms with E-state index in [4.69, 9.17) is 5.73 Å². The van der Waals surface area contributed by atoms with E-state index in [2.05, 4.69) is 14.7 Å². The van der Waals surface area contributed by atoms with Crippen molar-refractivity contribution in [2.45, 2.75) is 44.7 Å². The van der Waals surface area contributed by atoms with Crippen molar-refractivity contribution in [3.05, 3.63) is 12.0 Å². The zero-order valence-corrected chi connectivity index (χ0v) is 12.1. The third kappa shape index (κ3) is 3.09. The first kappa shape index (κ1) is 15.1. The summed E-state index contributed by atoms with van der Waals surface area (Å²) in [7, 11) is -3.61. The summed E-state index contributed by atoms with van der Waals surface area (Å²) in [4.78, 5) is 6.78. The number of sulfonamides is 1. The number of aryl methyl sites for hydroxylation is 1. The molecule has 1 rings (SSSR count). The molecule has 0 amide bonds. The van der Waals surface area contributed by atoms with Crippen LogP contribution in [0.15, 0.2) is 11.2 Å². The molecule has 0 aliphatic carbocycles. The van der Waals surface area contributed by atoms with Gasteiger partial charge in [-0.2, -0.15) is 0 Å². The van der Waals surface area contributed by atoms with E-state index in [1.165, 1.54) is 6.20 Å². The molecule has 0 spiro atoms. The molecular formula is C11H22N4O2S. The Balaban J connectivity index is 3.01. The first-order valence-electron chi connectivity index (χ1n) is 6.03. The van der Waals surface area contributed by atoms with Gasteiger partial charge >= 0.3 is 0 Å². The van der Waals surface area contributed by atoms with E-state index in [-0.39, 0.29) is 17.5 Å². The molecule has 7 heteroatoms. The van der Waals surface area contributed by atoms with Gasteiger partial charge in [-0.05, 0) is 12.8 Å². The lowest BCUT2D eigenvalue weighted by atomic mass is 9.90. The van der Waals surface area contributed by atoms with Crippen LogP contribution in [0.4, 0.5) is 0 Å². The minimum absolute atomic E-state index is 0.0830. The molecule has 0 saturated carbocycles. The van der Waals surface area contributed by atoms with Crippen LogP contribution >= 0.6 is 0 Å². The predicted molar refractivity (Wildman–Crippen MR) is 70.6 cm³/mol. The van der Waals surface area contributed by atoms with Crippen molar-refractivity contribution in [2.75, 3.05) is 6.54 Å². The van der Waals surface area contributed by atoms with E-state index in [0.717, 1.165) is 0 Å². The molecule has 0 aliphatic rings. The highest BCUT2D eigenvalue weighted by atomic mass is 32.2. The Labute approximate surface area is 108 Å². The van der Waals surface area contributed by atoms with Crippen LogP contribution in [0.1, 0.15) is 33.5 Å². The topological polar surface area (TPSA) is 101 Å². The Morgan fingerprint density at radius 1 is 1.56 bits per heavy atom. The minimum atomic E-state index is -3.61. The van der Waals surface area contributed by atoms with Crippen molar-refractivity contribution in [3.63, 3.8) is 0 Å². The largest absolute Gasteiger partial charge is 0.332 e. The molecule has 0 radical (unpaired) electrons. The van der Waals surface area contributed by atoms with Crippen molar-refractivity contribution in [3.8, 4) is 0 Å². The van der Waals surface area contributed by atoms with Gasteiger partial charge in [0.1, 0.15) is 5.82 Å². The fraction of sp³-hybridized carbons (Fsp3) is 0.727. The molecular weight excluding hydrogens is 252 g/mol. The van der Waals surface area contributed by atoms with Gasteiger partial charge in [0.25, 0.3) is 10.0 Å². The number of hydrogen-bond donors (Lipinski definition) is 3. The summed E-state index contributed by atoms with van der Waals surface area (Å²) in [6, 6.07) is 0. The van der Waals surface area contributed by atoms with Crippen molar-refractivity contribution in [1.29, 1.82) is 0 Å². The van der Waals surface area contributed by atoms with E-state index in [9.17, 15) is 8.42 Å². The van der Waals surface area contributed by atoms with Crippen molar-refractivity contribution < 1.29 is 8.42 Å². The molecule has 0 saturated heterocycles. The van der Waals surface area contributed by atoms with Gasteiger partial charge in [-0.3, -0.25) is 0 Å². The maximum Gasteiger partial charge on any atom is 0.258 e. The van der Waals surface area contributed by atoms with Crippen LogP contribution in [0.5, 0.6) is 0 Å². The van der Waals surface area contributed by atoms with Crippen LogP contribution < -0.4 is 10.5 Å². The molecule has 104 valence electrons. The summed E-state index contributed by atoms with van der Waals surface area (Å²) in [5.74, 6) is 0.736. The zero-order valence-electron chi connectivity index (χ0n) is 11.3. The molecule has 1 atom stereocenters. The fourth-order valence-corrected chi connectivity index (χ4v) is 2.90. The van der Waals surface area contributed by atoms with Crippen molar-refractivity contribution in [1.82, 2.24) is 14.7 Å². The predicted octanol–water partition coefficient (Wildman–Crippen LogP) is 0.624. The summed E-state index contributed by atoms with van der Waals surface area (Å²) in [5, 5.41) is 0.0830. The molecule has 4 N–H and O–H groups in total. The molecule has 1 unspecified atom stereocenters. The quantitative estimate of drug-likeness (QED) is 0.708.